The first-order valence-electron chi connectivity index (χ1n) is 9.15. The highest BCUT2D eigenvalue weighted by molar-refractivity contribution is 7.80. The number of carbonyl (C=O) groups is 1. The van der Waals surface area contributed by atoms with Gasteiger partial charge in [0.05, 0.1) is 0 Å². The van der Waals surface area contributed by atoms with Crippen LogP contribution in [0.2, 0.25) is 0 Å². The largest absolute Gasteiger partial charge is 0.484 e. The number of amides is 1. The maximum absolute atomic E-state index is 12.1. The zero-order valence-corrected chi connectivity index (χ0v) is 17.1. The fraction of sp³-hybridized carbons (Fsp3) is 0.217. The van der Waals surface area contributed by atoms with Crippen molar-refractivity contribution in [1.82, 2.24) is 5.32 Å². The van der Waals surface area contributed by atoms with Crippen LogP contribution in [0.4, 0.5) is 5.69 Å². The molecule has 0 aliphatic carbocycles. The molecule has 0 heterocycles. The molecule has 3 aromatic rings. The van der Waals surface area contributed by atoms with Gasteiger partial charge in [-0.25, -0.2) is 0 Å². The fourth-order valence-electron chi connectivity index (χ4n) is 2.85. The van der Waals surface area contributed by atoms with Crippen LogP contribution in [0, 0.1) is 0 Å². The Balaban J connectivity index is 1.54. The topological polar surface area (TPSA) is 50.4 Å². The van der Waals surface area contributed by atoms with E-state index in [9.17, 15) is 4.79 Å². The molecule has 1 amide bonds. The standard InChI is InChI=1S/C23H24N2O2S/c1-23(2,3)17-11-13-18(14-12-17)27-15-21(26)25-22(28)24-20-10-6-8-16-7-4-5-9-19(16)20/h4-14H,15H2,1-3H3,(H2,24,25,26,28). The van der Waals surface area contributed by atoms with Gasteiger partial charge in [-0.3, -0.25) is 10.1 Å². The van der Waals surface area contributed by atoms with Crippen LogP contribution < -0.4 is 15.4 Å². The highest BCUT2D eigenvalue weighted by Gasteiger charge is 2.13. The van der Waals surface area contributed by atoms with Crippen molar-refractivity contribution in [3.8, 4) is 5.75 Å². The average molecular weight is 393 g/mol. The third-order valence-corrected chi connectivity index (χ3v) is 4.59. The van der Waals surface area contributed by atoms with Crippen LogP contribution >= 0.6 is 12.2 Å². The van der Waals surface area contributed by atoms with E-state index in [0.29, 0.717) is 5.75 Å². The number of nitrogens with one attached hydrogen (secondary N) is 2. The first-order valence-corrected chi connectivity index (χ1v) is 9.56. The zero-order chi connectivity index (χ0) is 20.1. The summed E-state index contributed by atoms with van der Waals surface area (Å²) in [5.41, 5.74) is 2.14. The quantitative estimate of drug-likeness (QED) is 0.612. The maximum Gasteiger partial charge on any atom is 0.264 e. The highest BCUT2D eigenvalue weighted by Crippen LogP contribution is 2.24. The molecule has 3 rings (SSSR count). The molecular weight excluding hydrogens is 368 g/mol. The molecule has 0 saturated carbocycles. The van der Waals surface area contributed by atoms with Crippen LogP contribution in [0.25, 0.3) is 10.8 Å². The lowest BCUT2D eigenvalue weighted by molar-refractivity contribution is -0.121. The van der Waals surface area contributed by atoms with E-state index >= 15 is 0 Å². The molecule has 0 atom stereocenters. The third-order valence-electron chi connectivity index (χ3n) is 4.38. The molecule has 144 valence electrons. The van der Waals surface area contributed by atoms with Crippen molar-refractivity contribution >= 4 is 39.7 Å². The Bertz CT molecular complexity index is 986. The lowest BCUT2D eigenvalue weighted by atomic mass is 9.87. The number of hydrogen-bond donors (Lipinski definition) is 2. The van der Waals surface area contributed by atoms with Crippen molar-refractivity contribution in [3.63, 3.8) is 0 Å². The molecule has 0 spiro atoms. The van der Waals surface area contributed by atoms with Gasteiger partial charge in [0.1, 0.15) is 5.75 Å². The predicted molar refractivity (Wildman–Crippen MR) is 119 cm³/mol. The minimum atomic E-state index is -0.308. The molecule has 0 fully saturated rings. The summed E-state index contributed by atoms with van der Waals surface area (Å²) in [6, 6.07) is 21.7. The van der Waals surface area contributed by atoms with E-state index in [1.165, 1.54) is 5.56 Å². The third kappa shape index (κ3) is 5.08. The van der Waals surface area contributed by atoms with Gasteiger partial charge in [-0.15, -0.1) is 0 Å². The summed E-state index contributed by atoms with van der Waals surface area (Å²) in [5, 5.41) is 8.12. The van der Waals surface area contributed by atoms with E-state index < -0.39 is 0 Å². The van der Waals surface area contributed by atoms with Crippen LogP contribution in [0.3, 0.4) is 0 Å². The smallest absolute Gasteiger partial charge is 0.264 e. The molecule has 0 unspecified atom stereocenters. The average Bonchev–Trinajstić information content (AvgIpc) is 2.66. The molecule has 5 heteroatoms. The van der Waals surface area contributed by atoms with Crippen LogP contribution in [0.15, 0.2) is 66.7 Å². The second kappa shape index (κ2) is 8.40. The summed E-state index contributed by atoms with van der Waals surface area (Å²) in [4.78, 5) is 12.1. The molecule has 0 saturated heterocycles. The molecule has 0 aliphatic rings. The van der Waals surface area contributed by atoms with E-state index in [2.05, 4.69) is 31.4 Å². The summed E-state index contributed by atoms with van der Waals surface area (Å²) >= 11 is 5.27. The van der Waals surface area contributed by atoms with Gasteiger partial charge < -0.3 is 10.1 Å². The SMILES string of the molecule is CC(C)(C)c1ccc(OCC(=O)NC(=S)Nc2cccc3ccccc23)cc1. The molecule has 0 bridgehead atoms. The fourth-order valence-corrected chi connectivity index (χ4v) is 3.07. The number of thiocarbonyl (C=S) groups is 1. The zero-order valence-electron chi connectivity index (χ0n) is 16.3. The number of benzene rings is 3. The highest BCUT2D eigenvalue weighted by atomic mass is 32.1. The van der Waals surface area contributed by atoms with Gasteiger partial charge in [-0.1, -0.05) is 69.3 Å². The number of ether oxygens (including phenoxy) is 1. The van der Waals surface area contributed by atoms with Crippen molar-refractivity contribution < 1.29 is 9.53 Å². The van der Waals surface area contributed by atoms with Gasteiger partial charge in [0.2, 0.25) is 0 Å². The van der Waals surface area contributed by atoms with Gasteiger partial charge >= 0.3 is 0 Å². The van der Waals surface area contributed by atoms with E-state index in [0.717, 1.165) is 16.5 Å². The molecule has 28 heavy (non-hydrogen) atoms. The minimum Gasteiger partial charge on any atom is -0.484 e. The first kappa shape index (κ1) is 19.8. The van der Waals surface area contributed by atoms with E-state index in [4.69, 9.17) is 17.0 Å². The van der Waals surface area contributed by atoms with Crippen molar-refractivity contribution in [2.24, 2.45) is 0 Å². The van der Waals surface area contributed by atoms with E-state index in [1.54, 1.807) is 0 Å². The van der Waals surface area contributed by atoms with Gasteiger partial charge in [-0.05, 0) is 46.8 Å². The Hall–Kier alpha value is -2.92. The molecule has 2 N–H and O–H groups in total. The summed E-state index contributed by atoms with van der Waals surface area (Å²) in [6.07, 6.45) is 0. The monoisotopic (exact) mass is 392 g/mol. The Morgan fingerprint density at radius 1 is 0.964 bits per heavy atom. The van der Waals surface area contributed by atoms with Crippen molar-refractivity contribution in [1.29, 1.82) is 0 Å². The van der Waals surface area contributed by atoms with E-state index in [-0.39, 0.29) is 23.0 Å². The number of rotatable bonds is 4. The number of fused-ring (bicyclic) bond motifs is 1. The van der Waals surface area contributed by atoms with Gasteiger partial charge in [-0.2, -0.15) is 0 Å². The number of carbonyl (C=O) groups excluding carboxylic acids is 1. The second-order valence-corrected chi connectivity index (χ2v) is 8.00. The Morgan fingerprint density at radius 2 is 1.64 bits per heavy atom. The molecule has 0 radical (unpaired) electrons. The van der Waals surface area contributed by atoms with Crippen molar-refractivity contribution in [2.75, 3.05) is 11.9 Å². The summed E-state index contributed by atoms with van der Waals surface area (Å²) in [5.74, 6) is 0.341. The van der Waals surface area contributed by atoms with Crippen molar-refractivity contribution in [2.45, 2.75) is 26.2 Å². The van der Waals surface area contributed by atoms with Crippen molar-refractivity contribution in [3.05, 3.63) is 72.3 Å². The van der Waals surface area contributed by atoms with Crippen LogP contribution in [0.5, 0.6) is 5.75 Å². The normalized spacial score (nSPS) is 11.1. The summed E-state index contributed by atoms with van der Waals surface area (Å²) in [7, 11) is 0. The number of anilines is 1. The molecule has 0 aliphatic heterocycles. The molecule has 0 aromatic heterocycles. The first-order chi connectivity index (χ1) is 13.3. The van der Waals surface area contributed by atoms with Crippen LogP contribution in [0.1, 0.15) is 26.3 Å². The van der Waals surface area contributed by atoms with E-state index in [1.807, 2.05) is 66.7 Å². The van der Waals surface area contributed by atoms with Gasteiger partial charge in [0.25, 0.3) is 5.91 Å². The molecular formula is C23H24N2O2S. The lowest BCUT2D eigenvalue weighted by Crippen LogP contribution is -2.37. The Labute approximate surface area is 170 Å². The summed E-state index contributed by atoms with van der Waals surface area (Å²) in [6.45, 7) is 6.35. The summed E-state index contributed by atoms with van der Waals surface area (Å²) < 4.78 is 5.56. The van der Waals surface area contributed by atoms with Gasteiger partial charge in [0, 0.05) is 11.1 Å². The Morgan fingerprint density at radius 3 is 2.36 bits per heavy atom. The molecule has 3 aromatic carbocycles. The number of hydrogen-bond acceptors (Lipinski definition) is 3. The van der Waals surface area contributed by atoms with Crippen LogP contribution in [-0.2, 0) is 10.2 Å². The predicted octanol–water partition coefficient (Wildman–Crippen LogP) is 5.03. The molecule has 4 nitrogen and oxygen atoms in total. The van der Waals surface area contributed by atoms with Gasteiger partial charge in [0.15, 0.2) is 11.7 Å². The van der Waals surface area contributed by atoms with Crippen LogP contribution in [-0.4, -0.2) is 17.6 Å². The minimum absolute atomic E-state index is 0.0787. The lowest BCUT2D eigenvalue weighted by Gasteiger charge is -2.19. The second-order valence-electron chi connectivity index (χ2n) is 7.59. The maximum atomic E-state index is 12.1. The Kier molecular flexibility index (Phi) is 5.95.